The van der Waals surface area contributed by atoms with Crippen LogP contribution in [0.3, 0.4) is 0 Å². The van der Waals surface area contributed by atoms with Crippen LogP contribution < -0.4 is 5.73 Å². The van der Waals surface area contributed by atoms with Gasteiger partial charge < -0.3 is 10.5 Å². The van der Waals surface area contributed by atoms with Crippen molar-refractivity contribution in [1.82, 2.24) is 4.90 Å². The SMILES string of the molecule is CC1CC(=O)N(C2C(N)C3CCOC32)C1=O. The number of hydrogen-bond acceptors (Lipinski definition) is 4. The van der Waals surface area contributed by atoms with Crippen molar-refractivity contribution in [1.29, 1.82) is 0 Å². The lowest BCUT2D eigenvalue weighted by Crippen LogP contribution is -2.70. The predicted octanol–water partition coefficient (Wildman–Crippen LogP) is -0.504. The van der Waals surface area contributed by atoms with Gasteiger partial charge in [-0.1, -0.05) is 6.92 Å². The minimum atomic E-state index is -0.211. The molecular weight excluding hydrogens is 208 g/mol. The van der Waals surface area contributed by atoms with Crippen LogP contribution in [0.5, 0.6) is 0 Å². The Hall–Kier alpha value is -0.940. The maximum absolute atomic E-state index is 11.9. The molecule has 2 amide bonds. The highest BCUT2D eigenvalue weighted by molar-refractivity contribution is 6.04. The molecule has 1 saturated carbocycles. The van der Waals surface area contributed by atoms with Crippen molar-refractivity contribution >= 4 is 11.8 Å². The van der Waals surface area contributed by atoms with Crippen LogP contribution in [0.15, 0.2) is 0 Å². The lowest BCUT2D eigenvalue weighted by atomic mass is 9.71. The molecule has 2 aliphatic heterocycles. The van der Waals surface area contributed by atoms with Gasteiger partial charge in [-0.05, 0) is 6.42 Å². The van der Waals surface area contributed by atoms with Crippen LogP contribution in [0.4, 0.5) is 0 Å². The number of nitrogens with zero attached hydrogens (tertiary/aromatic N) is 1. The molecule has 5 heteroatoms. The van der Waals surface area contributed by atoms with Crippen LogP contribution in [0.2, 0.25) is 0 Å². The second kappa shape index (κ2) is 3.28. The fourth-order valence-corrected chi connectivity index (χ4v) is 3.16. The van der Waals surface area contributed by atoms with Gasteiger partial charge >= 0.3 is 0 Å². The molecule has 0 aromatic heterocycles. The number of nitrogens with two attached hydrogens (primary N) is 1. The Kier molecular flexibility index (Phi) is 2.09. The lowest BCUT2D eigenvalue weighted by Gasteiger charge is -2.48. The van der Waals surface area contributed by atoms with Crippen molar-refractivity contribution in [2.24, 2.45) is 17.6 Å². The van der Waals surface area contributed by atoms with E-state index < -0.39 is 0 Å². The number of ether oxygens (including phenoxy) is 1. The third-order valence-electron chi connectivity index (χ3n) is 4.12. The number of carbonyl (C=O) groups excluding carboxylic acids is 2. The van der Waals surface area contributed by atoms with Gasteiger partial charge in [-0.2, -0.15) is 0 Å². The summed E-state index contributed by atoms with van der Waals surface area (Å²) in [4.78, 5) is 25.0. The lowest BCUT2D eigenvalue weighted by molar-refractivity contribution is -0.154. The first-order chi connectivity index (χ1) is 7.61. The van der Waals surface area contributed by atoms with Crippen molar-refractivity contribution in [3.05, 3.63) is 0 Å². The van der Waals surface area contributed by atoms with Gasteiger partial charge in [0.15, 0.2) is 0 Å². The molecule has 3 aliphatic rings. The highest BCUT2D eigenvalue weighted by atomic mass is 16.5. The van der Waals surface area contributed by atoms with Crippen LogP contribution in [0.1, 0.15) is 19.8 Å². The number of imide groups is 1. The van der Waals surface area contributed by atoms with Gasteiger partial charge in [-0.3, -0.25) is 14.5 Å². The zero-order valence-corrected chi connectivity index (χ0v) is 9.26. The molecule has 88 valence electrons. The van der Waals surface area contributed by atoms with E-state index in [0.29, 0.717) is 18.9 Å². The smallest absolute Gasteiger partial charge is 0.232 e. The van der Waals surface area contributed by atoms with E-state index in [1.54, 1.807) is 6.92 Å². The van der Waals surface area contributed by atoms with E-state index >= 15 is 0 Å². The molecule has 1 aliphatic carbocycles. The highest BCUT2D eigenvalue weighted by Gasteiger charge is 2.58. The van der Waals surface area contributed by atoms with Crippen LogP contribution in [-0.2, 0) is 14.3 Å². The molecule has 0 radical (unpaired) electrons. The van der Waals surface area contributed by atoms with Crippen LogP contribution in [0.25, 0.3) is 0 Å². The second-order valence-electron chi connectivity index (χ2n) is 5.06. The summed E-state index contributed by atoms with van der Waals surface area (Å²) in [6.07, 6.45) is 1.27. The topological polar surface area (TPSA) is 72.6 Å². The summed E-state index contributed by atoms with van der Waals surface area (Å²) in [6.45, 7) is 2.49. The summed E-state index contributed by atoms with van der Waals surface area (Å²) in [5.41, 5.74) is 6.03. The first-order valence-electron chi connectivity index (χ1n) is 5.84. The number of likely N-dealkylation sites (tertiary alicyclic amines) is 1. The molecule has 3 rings (SSSR count). The average Bonchev–Trinajstić information content (AvgIpc) is 2.76. The molecule has 5 atom stereocenters. The van der Waals surface area contributed by atoms with E-state index in [9.17, 15) is 9.59 Å². The molecule has 2 N–H and O–H groups in total. The molecule has 0 bridgehead atoms. The third kappa shape index (κ3) is 1.13. The van der Waals surface area contributed by atoms with Gasteiger partial charge in [0, 0.05) is 30.9 Å². The minimum absolute atomic E-state index is 0.00630. The van der Waals surface area contributed by atoms with E-state index in [4.69, 9.17) is 10.5 Å². The van der Waals surface area contributed by atoms with Crippen LogP contribution >= 0.6 is 0 Å². The van der Waals surface area contributed by atoms with Gasteiger partial charge in [0.05, 0.1) is 12.1 Å². The molecule has 5 unspecified atom stereocenters. The van der Waals surface area contributed by atoms with E-state index in [1.165, 1.54) is 4.90 Å². The first-order valence-corrected chi connectivity index (χ1v) is 5.84. The number of amides is 2. The summed E-state index contributed by atoms with van der Waals surface area (Å²) >= 11 is 0. The Labute approximate surface area is 93.9 Å². The Balaban J connectivity index is 1.83. The van der Waals surface area contributed by atoms with Gasteiger partial charge in [0.25, 0.3) is 0 Å². The molecule has 2 heterocycles. The molecule has 0 aromatic carbocycles. The van der Waals surface area contributed by atoms with Gasteiger partial charge in [-0.15, -0.1) is 0 Å². The van der Waals surface area contributed by atoms with Crippen molar-refractivity contribution in [2.45, 2.75) is 38.0 Å². The Morgan fingerprint density at radius 3 is 2.81 bits per heavy atom. The quantitative estimate of drug-likeness (QED) is 0.609. The second-order valence-corrected chi connectivity index (χ2v) is 5.06. The van der Waals surface area contributed by atoms with Crippen molar-refractivity contribution in [3.63, 3.8) is 0 Å². The summed E-state index contributed by atoms with van der Waals surface area (Å²) in [6, 6.07) is -0.303. The fourth-order valence-electron chi connectivity index (χ4n) is 3.16. The van der Waals surface area contributed by atoms with Crippen molar-refractivity contribution < 1.29 is 14.3 Å². The molecule has 16 heavy (non-hydrogen) atoms. The zero-order valence-electron chi connectivity index (χ0n) is 9.26. The summed E-state index contributed by atoms with van der Waals surface area (Å²) in [7, 11) is 0. The zero-order chi connectivity index (χ0) is 11.4. The molecule has 5 nitrogen and oxygen atoms in total. The summed E-state index contributed by atoms with van der Waals surface area (Å²) < 4.78 is 5.55. The van der Waals surface area contributed by atoms with Gasteiger partial charge in [0.1, 0.15) is 0 Å². The Morgan fingerprint density at radius 1 is 1.44 bits per heavy atom. The maximum atomic E-state index is 11.9. The molecule has 3 fully saturated rings. The number of carbonyl (C=O) groups is 2. The third-order valence-corrected chi connectivity index (χ3v) is 4.12. The van der Waals surface area contributed by atoms with E-state index in [0.717, 1.165) is 6.42 Å². The van der Waals surface area contributed by atoms with Gasteiger partial charge in [0.2, 0.25) is 11.8 Å². The van der Waals surface area contributed by atoms with E-state index in [2.05, 4.69) is 0 Å². The molecule has 2 saturated heterocycles. The maximum Gasteiger partial charge on any atom is 0.232 e. The monoisotopic (exact) mass is 224 g/mol. The number of rotatable bonds is 1. The summed E-state index contributed by atoms with van der Waals surface area (Å²) in [5.74, 6) is -0.0343. The fraction of sp³-hybridized carbons (Fsp3) is 0.818. The normalized spacial score (nSPS) is 47.1. The molecular formula is C11H16N2O3. The Bertz CT molecular complexity index is 357. The highest BCUT2D eigenvalue weighted by Crippen LogP contribution is 2.42. The summed E-state index contributed by atoms with van der Waals surface area (Å²) in [5, 5.41) is 0. The minimum Gasteiger partial charge on any atom is -0.376 e. The number of fused-ring (bicyclic) bond motifs is 1. The van der Waals surface area contributed by atoms with Crippen molar-refractivity contribution in [2.75, 3.05) is 6.61 Å². The van der Waals surface area contributed by atoms with Crippen LogP contribution in [0, 0.1) is 11.8 Å². The predicted molar refractivity (Wildman–Crippen MR) is 55.2 cm³/mol. The molecule has 0 spiro atoms. The molecule has 0 aromatic rings. The van der Waals surface area contributed by atoms with Gasteiger partial charge in [-0.25, -0.2) is 0 Å². The number of hydrogen-bond donors (Lipinski definition) is 1. The van der Waals surface area contributed by atoms with Crippen LogP contribution in [-0.4, -0.2) is 41.5 Å². The average molecular weight is 224 g/mol. The van der Waals surface area contributed by atoms with E-state index in [1.807, 2.05) is 0 Å². The standard InChI is InChI=1S/C11H16N2O3/c1-5-4-7(14)13(11(5)15)9-8(12)6-2-3-16-10(6)9/h5-6,8-10H,2-4,12H2,1H3. The van der Waals surface area contributed by atoms with Crippen molar-refractivity contribution in [3.8, 4) is 0 Å². The Morgan fingerprint density at radius 2 is 2.19 bits per heavy atom. The largest absolute Gasteiger partial charge is 0.376 e. The van der Waals surface area contributed by atoms with E-state index in [-0.39, 0.29) is 35.9 Å². The first kappa shape index (κ1) is 10.2.